The third-order valence-corrected chi connectivity index (χ3v) is 5.70. The molecule has 7 heteroatoms. The van der Waals surface area contributed by atoms with E-state index in [1.54, 1.807) is 4.90 Å². The van der Waals surface area contributed by atoms with E-state index in [0.717, 1.165) is 19.6 Å². The third kappa shape index (κ3) is 4.09. The highest BCUT2D eigenvalue weighted by atomic mass is 35.5. The lowest BCUT2D eigenvalue weighted by molar-refractivity contribution is -0.917. The molecule has 1 N–H and O–H groups in total. The number of quaternary nitrogens is 1. The van der Waals surface area contributed by atoms with Crippen molar-refractivity contribution in [2.45, 2.75) is 6.54 Å². The molecule has 1 heterocycles. The lowest BCUT2D eigenvalue weighted by atomic mass is 10.0. The first-order valence-electron chi connectivity index (χ1n) is 9.56. The van der Waals surface area contributed by atoms with E-state index in [1.807, 2.05) is 6.07 Å². The van der Waals surface area contributed by atoms with Gasteiger partial charge >= 0.3 is 0 Å². The van der Waals surface area contributed by atoms with Crippen molar-refractivity contribution in [3.8, 4) is 0 Å². The van der Waals surface area contributed by atoms with Crippen molar-refractivity contribution in [1.29, 1.82) is 0 Å². The van der Waals surface area contributed by atoms with Crippen molar-refractivity contribution in [3.63, 3.8) is 0 Å². The van der Waals surface area contributed by atoms with Crippen LogP contribution in [0.25, 0.3) is 10.8 Å². The number of rotatable bonds is 4. The Morgan fingerprint density at radius 3 is 2.55 bits per heavy atom. The Bertz CT molecular complexity index is 1070. The molecule has 0 atom stereocenters. The Morgan fingerprint density at radius 1 is 1.07 bits per heavy atom. The number of nitrogens with one attached hydrogen (secondary N) is 1. The van der Waals surface area contributed by atoms with Gasteiger partial charge in [0.2, 0.25) is 0 Å². The van der Waals surface area contributed by atoms with Gasteiger partial charge in [-0.15, -0.1) is 0 Å². The van der Waals surface area contributed by atoms with Gasteiger partial charge in [0.15, 0.2) is 0 Å². The summed E-state index contributed by atoms with van der Waals surface area (Å²) in [6.07, 6.45) is 0. The number of carbonyl (C=O) groups excluding carboxylic acids is 1. The van der Waals surface area contributed by atoms with Gasteiger partial charge in [-0.2, -0.15) is 0 Å². The van der Waals surface area contributed by atoms with E-state index in [0.29, 0.717) is 13.1 Å². The number of benzene rings is 3. The summed E-state index contributed by atoms with van der Waals surface area (Å²) < 4.78 is 0. The van der Waals surface area contributed by atoms with Gasteiger partial charge in [0.05, 0.1) is 31.1 Å². The molecule has 1 saturated heterocycles. The zero-order valence-electron chi connectivity index (χ0n) is 15.8. The zero-order valence-corrected chi connectivity index (χ0v) is 16.6. The van der Waals surface area contributed by atoms with E-state index >= 15 is 0 Å². The molecule has 1 fully saturated rings. The minimum Gasteiger partial charge on any atom is -0.328 e. The second kappa shape index (κ2) is 8.19. The lowest BCUT2D eigenvalue weighted by Crippen LogP contribution is -3.13. The molecule has 0 radical (unpaired) electrons. The number of hydrogen-bond donors (Lipinski definition) is 1. The average molecular weight is 411 g/mol. The van der Waals surface area contributed by atoms with E-state index in [2.05, 4.69) is 36.4 Å². The number of hydrogen-bond acceptors (Lipinski definition) is 3. The van der Waals surface area contributed by atoms with Gasteiger partial charge in [-0.1, -0.05) is 54.1 Å². The fourth-order valence-electron chi connectivity index (χ4n) is 3.93. The minimum atomic E-state index is -0.554. The van der Waals surface area contributed by atoms with Crippen LogP contribution in [0.4, 0.5) is 5.69 Å². The first-order chi connectivity index (χ1) is 14.0. The number of halogens is 1. The van der Waals surface area contributed by atoms with Crippen molar-refractivity contribution >= 4 is 34.0 Å². The molecule has 0 aromatic heterocycles. The molecule has 0 saturated carbocycles. The van der Waals surface area contributed by atoms with Gasteiger partial charge in [-0.25, -0.2) is 0 Å². The zero-order chi connectivity index (χ0) is 20.4. The molecular weight excluding hydrogens is 390 g/mol. The van der Waals surface area contributed by atoms with Crippen LogP contribution in [0.2, 0.25) is 5.02 Å². The molecular formula is C22H21ClN3O3+. The highest BCUT2D eigenvalue weighted by Gasteiger charge is 2.29. The van der Waals surface area contributed by atoms with Crippen LogP contribution < -0.4 is 4.90 Å². The first-order valence-corrected chi connectivity index (χ1v) is 9.94. The summed E-state index contributed by atoms with van der Waals surface area (Å²) in [7, 11) is 0. The standard InChI is InChI=1S/C22H20ClN3O3/c23-18-8-9-20(21(14-18)26(28)29)22(27)25-12-10-24(11-13-25)15-17-6-3-5-16-4-1-2-7-19(16)17/h1-9,14H,10-13,15H2/p+1. The summed E-state index contributed by atoms with van der Waals surface area (Å²) in [5.74, 6) is -0.308. The fraction of sp³-hybridized carbons (Fsp3) is 0.227. The Balaban J connectivity index is 1.45. The molecule has 0 unspecified atom stereocenters. The number of nitro groups is 1. The van der Waals surface area contributed by atoms with Crippen LogP contribution in [0, 0.1) is 10.1 Å². The first kappa shape index (κ1) is 19.4. The van der Waals surface area contributed by atoms with Gasteiger partial charge in [-0.3, -0.25) is 14.9 Å². The van der Waals surface area contributed by atoms with Crippen LogP contribution in [-0.4, -0.2) is 41.9 Å². The lowest BCUT2D eigenvalue weighted by Gasteiger charge is -2.32. The molecule has 0 spiro atoms. The topological polar surface area (TPSA) is 67.9 Å². The smallest absolute Gasteiger partial charge is 0.283 e. The third-order valence-electron chi connectivity index (χ3n) is 5.47. The molecule has 1 aliphatic rings. The van der Waals surface area contributed by atoms with Crippen molar-refractivity contribution in [2.24, 2.45) is 0 Å². The maximum absolute atomic E-state index is 12.8. The summed E-state index contributed by atoms with van der Waals surface area (Å²) in [6, 6.07) is 18.9. The van der Waals surface area contributed by atoms with Gasteiger partial charge in [-0.05, 0) is 22.9 Å². The van der Waals surface area contributed by atoms with Crippen LogP contribution >= 0.6 is 11.6 Å². The molecule has 6 nitrogen and oxygen atoms in total. The highest BCUT2D eigenvalue weighted by molar-refractivity contribution is 6.31. The Labute approximate surface area is 173 Å². The molecule has 148 valence electrons. The monoisotopic (exact) mass is 410 g/mol. The second-order valence-electron chi connectivity index (χ2n) is 7.28. The molecule has 4 rings (SSSR count). The van der Waals surface area contributed by atoms with Crippen LogP contribution in [0.3, 0.4) is 0 Å². The predicted octanol–water partition coefficient (Wildman–Crippen LogP) is 2.94. The van der Waals surface area contributed by atoms with E-state index < -0.39 is 4.92 Å². The van der Waals surface area contributed by atoms with Gasteiger partial charge in [0, 0.05) is 16.7 Å². The molecule has 29 heavy (non-hydrogen) atoms. The van der Waals surface area contributed by atoms with Crippen molar-refractivity contribution in [2.75, 3.05) is 26.2 Å². The summed E-state index contributed by atoms with van der Waals surface area (Å²) in [4.78, 5) is 26.7. The molecule has 3 aromatic rings. The van der Waals surface area contributed by atoms with Crippen molar-refractivity contribution in [1.82, 2.24) is 4.90 Å². The van der Waals surface area contributed by atoms with Crippen molar-refractivity contribution in [3.05, 3.63) is 86.9 Å². The number of nitro benzene ring substituents is 1. The summed E-state index contributed by atoms with van der Waals surface area (Å²) >= 11 is 5.86. The molecule has 0 bridgehead atoms. The maximum Gasteiger partial charge on any atom is 0.283 e. The SMILES string of the molecule is O=C(c1ccc(Cl)cc1[N+](=O)[O-])N1CC[NH+](Cc2cccc3ccccc23)CC1. The quantitative estimate of drug-likeness (QED) is 0.531. The normalized spacial score (nSPS) is 14.9. The number of fused-ring (bicyclic) bond motifs is 1. The van der Waals surface area contributed by atoms with Gasteiger partial charge < -0.3 is 9.80 Å². The van der Waals surface area contributed by atoms with Crippen LogP contribution in [0.1, 0.15) is 15.9 Å². The van der Waals surface area contributed by atoms with E-state index in [-0.39, 0.29) is 22.2 Å². The largest absolute Gasteiger partial charge is 0.328 e. The van der Waals surface area contributed by atoms with Gasteiger partial charge in [0.1, 0.15) is 12.1 Å². The maximum atomic E-state index is 12.8. The molecule has 1 aliphatic heterocycles. The highest BCUT2D eigenvalue weighted by Crippen LogP contribution is 2.24. The molecule has 0 aliphatic carbocycles. The number of amides is 1. The molecule has 3 aromatic carbocycles. The van der Waals surface area contributed by atoms with Crippen LogP contribution in [0.15, 0.2) is 60.7 Å². The Morgan fingerprint density at radius 2 is 1.79 bits per heavy atom. The molecule has 1 amide bonds. The van der Waals surface area contributed by atoms with Gasteiger partial charge in [0.25, 0.3) is 11.6 Å². The fourth-order valence-corrected chi connectivity index (χ4v) is 4.09. The van der Waals surface area contributed by atoms with Crippen LogP contribution in [0.5, 0.6) is 0 Å². The van der Waals surface area contributed by atoms with Crippen molar-refractivity contribution < 1.29 is 14.6 Å². The minimum absolute atomic E-state index is 0.0944. The number of piperazine rings is 1. The summed E-state index contributed by atoms with van der Waals surface area (Å²) in [5.41, 5.74) is 1.15. The van der Waals surface area contributed by atoms with Crippen LogP contribution in [-0.2, 0) is 6.54 Å². The average Bonchev–Trinajstić information content (AvgIpc) is 2.74. The Kier molecular flexibility index (Phi) is 5.47. The number of nitrogens with zero attached hydrogens (tertiary/aromatic N) is 2. The Hall–Kier alpha value is -2.96. The predicted molar refractivity (Wildman–Crippen MR) is 112 cm³/mol. The van der Waals surface area contributed by atoms with E-state index in [1.165, 1.54) is 39.4 Å². The second-order valence-corrected chi connectivity index (χ2v) is 7.71. The number of carbonyl (C=O) groups is 1. The van der Waals surface area contributed by atoms with E-state index in [4.69, 9.17) is 11.6 Å². The summed E-state index contributed by atoms with van der Waals surface area (Å²) in [5, 5.41) is 14.0. The summed E-state index contributed by atoms with van der Waals surface area (Å²) in [6.45, 7) is 3.63. The van der Waals surface area contributed by atoms with E-state index in [9.17, 15) is 14.9 Å².